The van der Waals surface area contributed by atoms with Crippen molar-refractivity contribution in [2.45, 2.75) is 0 Å². The van der Waals surface area contributed by atoms with Crippen LogP contribution in [0.5, 0.6) is 0 Å². The summed E-state index contributed by atoms with van der Waals surface area (Å²) in [5.41, 5.74) is 3.25. The van der Waals surface area contributed by atoms with Crippen LogP contribution in [0.15, 0.2) is 53.9 Å². The summed E-state index contributed by atoms with van der Waals surface area (Å²) in [6.45, 7) is 0. The zero-order valence-electron chi connectivity index (χ0n) is 10.3. The van der Waals surface area contributed by atoms with E-state index in [1.54, 1.807) is 24.3 Å². The maximum atomic E-state index is 11.6. The van der Waals surface area contributed by atoms with Crippen LogP contribution in [0, 0.1) is 10.1 Å². The second kappa shape index (κ2) is 6.19. The minimum atomic E-state index is -0.493. The fourth-order valence-electron chi connectivity index (χ4n) is 1.45. The number of non-ortho nitro benzene ring substituents is 1. The molecule has 0 radical (unpaired) electrons. The van der Waals surface area contributed by atoms with Crippen LogP contribution in [-0.4, -0.2) is 22.0 Å². The van der Waals surface area contributed by atoms with Gasteiger partial charge in [0.2, 0.25) is 0 Å². The largest absolute Gasteiger partial charge is 0.271 e. The smallest absolute Gasteiger partial charge is 0.267 e. The molecule has 0 aliphatic carbocycles. The number of nitro benzene ring substituents is 1. The van der Waals surface area contributed by atoms with Gasteiger partial charge in [0.1, 0.15) is 0 Å². The van der Waals surface area contributed by atoms with E-state index in [0.717, 1.165) is 0 Å². The van der Waals surface area contributed by atoms with Crippen molar-refractivity contribution in [3.05, 3.63) is 70.0 Å². The Balaban J connectivity index is 2.02. The Hall–Kier alpha value is -3.09. The van der Waals surface area contributed by atoms with Crippen molar-refractivity contribution in [2.75, 3.05) is 0 Å². The molecule has 0 saturated heterocycles. The van der Waals surface area contributed by atoms with Crippen molar-refractivity contribution in [2.24, 2.45) is 5.10 Å². The highest BCUT2D eigenvalue weighted by Crippen LogP contribution is 2.11. The highest BCUT2D eigenvalue weighted by molar-refractivity contribution is 5.94. The molecule has 100 valence electrons. The number of carbonyl (C=O) groups excluding carboxylic acids is 1. The standard InChI is InChI=1S/C13H10N4O3/c18-13(11-4-6-14-7-5-11)16-15-9-10-2-1-3-12(8-10)17(19)20/h1-9H,(H,16,18)/b15-9-. The first-order valence-electron chi connectivity index (χ1n) is 5.65. The lowest BCUT2D eigenvalue weighted by molar-refractivity contribution is -0.384. The number of benzene rings is 1. The number of hydrogen-bond donors (Lipinski definition) is 1. The molecule has 20 heavy (non-hydrogen) atoms. The Bertz CT molecular complexity index is 656. The predicted octanol–water partition coefficient (Wildman–Crippen LogP) is 1.75. The van der Waals surface area contributed by atoms with Crippen molar-refractivity contribution >= 4 is 17.8 Å². The van der Waals surface area contributed by atoms with Gasteiger partial charge < -0.3 is 0 Å². The summed E-state index contributed by atoms with van der Waals surface area (Å²) in [5.74, 6) is -0.380. The van der Waals surface area contributed by atoms with Crippen molar-refractivity contribution in [1.82, 2.24) is 10.4 Å². The van der Waals surface area contributed by atoms with Gasteiger partial charge in [-0.1, -0.05) is 12.1 Å². The van der Waals surface area contributed by atoms with Crippen molar-refractivity contribution in [3.63, 3.8) is 0 Å². The number of carbonyl (C=O) groups is 1. The van der Waals surface area contributed by atoms with Gasteiger partial charge in [-0.3, -0.25) is 19.9 Å². The zero-order chi connectivity index (χ0) is 14.4. The molecule has 7 nitrogen and oxygen atoms in total. The van der Waals surface area contributed by atoms with E-state index in [1.807, 2.05) is 0 Å². The highest BCUT2D eigenvalue weighted by Gasteiger charge is 2.05. The molecule has 2 rings (SSSR count). The normalized spacial score (nSPS) is 10.4. The minimum absolute atomic E-state index is 0.0330. The molecule has 1 heterocycles. The van der Waals surface area contributed by atoms with E-state index in [-0.39, 0.29) is 11.6 Å². The Morgan fingerprint density at radius 1 is 1.30 bits per heavy atom. The van der Waals surface area contributed by atoms with Gasteiger partial charge >= 0.3 is 0 Å². The molecule has 0 bridgehead atoms. The summed E-state index contributed by atoms with van der Waals surface area (Å²) in [5, 5.41) is 14.4. The average molecular weight is 270 g/mol. The molecule has 1 aromatic carbocycles. The summed E-state index contributed by atoms with van der Waals surface area (Å²) >= 11 is 0. The van der Waals surface area contributed by atoms with Gasteiger partial charge in [-0.15, -0.1) is 0 Å². The summed E-state index contributed by atoms with van der Waals surface area (Å²) in [6.07, 6.45) is 4.34. The van der Waals surface area contributed by atoms with Crippen LogP contribution in [0.2, 0.25) is 0 Å². The van der Waals surface area contributed by atoms with Crippen LogP contribution in [0.1, 0.15) is 15.9 Å². The van der Waals surface area contributed by atoms with Crippen molar-refractivity contribution in [3.8, 4) is 0 Å². The quantitative estimate of drug-likeness (QED) is 0.520. The zero-order valence-corrected chi connectivity index (χ0v) is 10.3. The van der Waals surface area contributed by atoms with Gasteiger partial charge in [0.15, 0.2) is 0 Å². The van der Waals surface area contributed by atoms with Crippen LogP contribution in [0.25, 0.3) is 0 Å². The third kappa shape index (κ3) is 3.45. The first kappa shape index (κ1) is 13.3. The Labute approximate surface area is 114 Å². The second-order valence-electron chi connectivity index (χ2n) is 3.79. The predicted molar refractivity (Wildman–Crippen MR) is 72.4 cm³/mol. The molecule has 0 atom stereocenters. The number of pyridine rings is 1. The number of hydrogen-bond acceptors (Lipinski definition) is 5. The molecule has 1 aromatic heterocycles. The van der Waals surface area contributed by atoms with Crippen LogP contribution in [0.3, 0.4) is 0 Å². The molecule has 7 heteroatoms. The molecule has 1 N–H and O–H groups in total. The van der Waals surface area contributed by atoms with E-state index in [2.05, 4.69) is 15.5 Å². The molecule has 0 unspecified atom stereocenters. The van der Waals surface area contributed by atoms with Crippen molar-refractivity contribution < 1.29 is 9.72 Å². The van der Waals surface area contributed by atoms with E-state index in [1.165, 1.54) is 30.7 Å². The first-order valence-corrected chi connectivity index (χ1v) is 5.65. The Kier molecular flexibility index (Phi) is 4.13. The van der Waals surface area contributed by atoms with Crippen molar-refractivity contribution in [1.29, 1.82) is 0 Å². The molecule has 0 spiro atoms. The SMILES string of the molecule is O=C(N/N=C\c1cccc([N+](=O)[O-])c1)c1ccncc1. The van der Waals surface area contributed by atoms with Crippen LogP contribution in [-0.2, 0) is 0 Å². The summed E-state index contributed by atoms with van der Waals surface area (Å²) in [6, 6.07) is 9.05. The van der Waals surface area contributed by atoms with E-state index in [4.69, 9.17) is 0 Å². The lowest BCUT2D eigenvalue weighted by Crippen LogP contribution is -2.17. The third-order valence-corrected chi connectivity index (χ3v) is 2.40. The summed E-state index contributed by atoms with van der Waals surface area (Å²) in [7, 11) is 0. The molecule has 1 amide bonds. The number of nitrogens with one attached hydrogen (secondary N) is 1. The Morgan fingerprint density at radius 2 is 2.05 bits per heavy atom. The van der Waals surface area contributed by atoms with Crippen LogP contribution < -0.4 is 5.43 Å². The lowest BCUT2D eigenvalue weighted by atomic mass is 10.2. The molecule has 2 aromatic rings. The maximum absolute atomic E-state index is 11.6. The number of amides is 1. The maximum Gasteiger partial charge on any atom is 0.271 e. The Morgan fingerprint density at radius 3 is 2.75 bits per heavy atom. The minimum Gasteiger partial charge on any atom is -0.267 e. The molecule has 0 aliphatic heterocycles. The number of nitro groups is 1. The van der Waals surface area contributed by atoms with Gasteiger partial charge in [0.05, 0.1) is 11.1 Å². The van der Waals surface area contributed by atoms with Gasteiger partial charge in [-0.2, -0.15) is 5.10 Å². The van der Waals surface area contributed by atoms with Crippen LogP contribution in [0.4, 0.5) is 5.69 Å². The van der Waals surface area contributed by atoms with E-state index in [9.17, 15) is 14.9 Å². The van der Waals surface area contributed by atoms with Crippen LogP contribution >= 0.6 is 0 Å². The monoisotopic (exact) mass is 270 g/mol. The van der Waals surface area contributed by atoms with E-state index in [0.29, 0.717) is 11.1 Å². The fourth-order valence-corrected chi connectivity index (χ4v) is 1.45. The van der Waals surface area contributed by atoms with Gasteiger partial charge in [0.25, 0.3) is 11.6 Å². The fraction of sp³-hybridized carbons (Fsp3) is 0. The third-order valence-electron chi connectivity index (χ3n) is 2.40. The number of hydrazone groups is 1. The topological polar surface area (TPSA) is 97.5 Å². The molecular weight excluding hydrogens is 260 g/mol. The summed E-state index contributed by atoms with van der Waals surface area (Å²) in [4.78, 5) is 25.6. The molecule has 0 saturated carbocycles. The van der Waals surface area contributed by atoms with E-state index < -0.39 is 4.92 Å². The first-order chi connectivity index (χ1) is 9.66. The second-order valence-corrected chi connectivity index (χ2v) is 3.79. The average Bonchev–Trinajstić information content (AvgIpc) is 2.48. The number of nitrogens with zero attached hydrogens (tertiary/aromatic N) is 3. The van der Waals surface area contributed by atoms with Gasteiger partial charge in [0, 0.05) is 35.7 Å². The lowest BCUT2D eigenvalue weighted by Gasteiger charge is -1.98. The number of aromatic nitrogens is 1. The van der Waals surface area contributed by atoms with Gasteiger partial charge in [-0.05, 0) is 12.1 Å². The molecular formula is C13H10N4O3. The van der Waals surface area contributed by atoms with Gasteiger partial charge in [-0.25, -0.2) is 5.43 Å². The van der Waals surface area contributed by atoms with E-state index >= 15 is 0 Å². The highest BCUT2D eigenvalue weighted by atomic mass is 16.6. The molecule has 0 aliphatic rings. The number of rotatable bonds is 4. The molecule has 0 fully saturated rings. The summed E-state index contributed by atoms with van der Waals surface area (Å²) < 4.78 is 0.